The van der Waals surface area contributed by atoms with E-state index in [2.05, 4.69) is 23.2 Å². The summed E-state index contributed by atoms with van der Waals surface area (Å²) < 4.78 is 11.7. The quantitative estimate of drug-likeness (QED) is 0.715. The number of rotatable bonds is 5. The van der Waals surface area contributed by atoms with Crippen LogP contribution in [0.15, 0.2) is 36.4 Å². The Hall–Kier alpha value is -2.93. The van der Waals surface area contributed by atoms with Gasteiger partial charge in [0.25, 0.3) is 0 Å². The van der Waals surface area contributed by atoms with E-state index in [1.165, 1.54) is 28.6 Å². The maximum Gasteiger partial charge on any atom is 0.137 e. The van der Waals surface area contributed by atoms with Crippen molar-refractivity contribution in [3.63, 3.8) is 0 Å². The number of aryl methyl sites for hydroxylation is 2. The molecule has 4 heteroatoms. The van der Waals surface area contributed by atoms with Gasteiger partial charge in [0.15, 0.2) is 0 Å². The van der Waals surface area contributed by atoms with E-state index >= 15 is 0 Å². The molecule has 3 aromatic rings. The standard InChI is InChI=1S/C22H22N2O2/c1-14(2)26-22-9-6-15(10-16(22)12-23)13-25-17-7-8-21-19(11-17)18-4-3-5-20(18)24-21/h6-11,14,24H,3-5,13H2,1-2H3. The average Bonchev–Trinajstić information content (AvgIpc) is 3.21. The van der Waals surface area contributed by atoms with E-state index in [0.717, 1.165) is 24.2 Å². The third kappa shape index (κ3) is 3.13. The fourth-order valence-corrected chi connectivity index (χ4v) is 3.59. The minimum absolute atomic E-state index is 0.0407. The van der Waals surface area contributed by atoms with Gasteiger partial charge in [0.2, 0.25) is 0 Å². The summed E-state index contributed by atoms with van der Waals surface area (Å²) in [4.78, 5) is 3.51. The van der Waals surface area contributed by atoms with Crippen LogP contribution in [0.2, 0.25) is 0 Å². The molecule has 0 atom stereocenters. The zero-order valence-electron chi connectivity index (χ0n) is 15.1. The molecule has 4 nitrogen and oxygen atoms in total. The topological polar surface area (TPSA) is 58.0 Å². The Morgan fingerprint density at radius 3 is 2.85 bits per heavy atom. The summed E-state index contributed by atoms with van der Waals surface area (Å²) in [6.07, 6.45) is 3.55. The fourth-order valence-electron chi connectivity index (χ4n) is 3.59. The lowest BCUT2D eigenvalue weighted by atomic mass is 10.1. The van der Waals surface area contributed by atoms with E-state index in [0.29, 0.717) is 17.9 Å². The number of nitrogens with one attached hydrogen (secondary N) is 1. The molecule has 1 aromatic heterocycles. The lowest BCUT2D eigenvalue weighted by Gasteiger charge is -2.12. The van der Waals surface area contributed by atoms with E-state index in [4.69, 9.17) is 9.47 Å². The second-order valence-corrected chi connectivity index (χ2v) is 7.04. The van der Waals surface area contributed by atoms with Gasteiger partial charge in [-0.25, -0.2) is 0 Å². The van der Waals surface area contributed by atoms with Gasteiger partial charge in [0.05, 0.1) is 11.7 Å². The number of hydrogen-bond donors (Lipinski definition) is 1. The number of aromatic amines is 1. The summed E-state index contributed by atoms with van der Waals surface area (Å²) in [6, 6.07) is 14.0. The van der Waals surface area contributed by atoms with Crippen LogP contribution in [0.3, 0.4) is 0 Å². The number of benzene rings is 2. The number of nitriles is 1. The Labute approximate surface area is 153 Å². The molecule has 0 saturated carbocycles. The van der Waals surface area contributed by atoms with Gasteiger partial charge in [-0.1, -0.05) is 6.07 Å². The van der Waals surface area contributed by atoms with Crippen LogP contribution in [-0.2, 0) is 19.4 Å². The molecule has 1 aliphatic carbocycles. The van der Waals surface area contributed by atoms with Crippen molar-refractivity contribution in [2.75, 3.05) is 0 Å². The smallest absolute Gasteiger partial charge is 0.137 e. The van der Waals surface area contributed by atoms with Crippen LogP contribution in [0.5, 0.6) is 11.5 Å². The molecule has 2 aromatic carbocycles. The van der Waals surface area contributed by atoms with Crippen LogP contribution >= 0.6 is 0 Å². The van der Waals surface area contributed by atoms with Crippen LogP contribution in [0.1, 0.15) is 42.7 Å². The zero-order chi connectivity index (χ0) is 18.1. The van der Waals surface area contributed by atoms with Gasteiger partial charge in [-0.2, -0.15) is 5.26 Å². The number of hydrogen-bond acceptors (Lipinski definition) is 3. The first-order valence-corrected chi connectivity index (χ1v) is 9.10. The molecule has 0 amide bonds. The highest BCUT2D eigenvalue weighted by atomic mass is 16.5. The van der Waals surface area contributed by atoms with Gasteiger partial charge in [-0.15, -0.1) is 0 Å². The number of ether oxygens (including phenoxy) is 2. The molecular formula is C22H22N2O2. The van der Waals surface area contributed by atoms with Crippen molar-refractivity contribution >= 4 is 10.9 Å². The van der Waals surface area contributed by atoms with Crippen LogP contribution in [0.25, 0.3) is 10.9 Å². The molecule has 1 heterocycles. The number of nitrogens with zero attached hydrogens (tertiary/aromatic N) is 1. The fraction of sp³-hybridized carbons (Fsp3) is 0.318. The van der Waals surface area contributed by atoms with Gasteiger partial charge < -0.3 is 14.5 Å². The average molecular weight is 346 g/mol. The minimum atomic E-state index is 0.0407. The van der Waals surface area contributed by atoms with Crippen LogP contribution in [0, 0.1) is 11.3 Å². The lowest BCUT2D eigenvalue weighted by Crippen LogP contribution is -2.07. The van der Waals surface area contributed by atoms with Crippen molar-refractivity contribution in [1.29, 1.82) is 5.26 Å². The molecule has 0 aliphatic heterocycles. The van der Waals surface area contributed by atoms with Gasteiger partial charge >= 0.3 is 0 Å². The van der Waals surface area contributed by atoms with E-state index in [-0.39, 0.29) is 6.10 Å². The summed E-state index contributed by atoms with van der Waals surface area (Å²) in [5, 5.41) is 10.6. The Balaban J connectivity index is 1.52. The third-order valence-corrected chi connectivity index (χ3v) is 4.75. The Kier molecular flexibility index (Phi) is 4.30. The molecule has 0 unspecified atom stereocenters. The third-order valence-electron chi connectivity index (χ3n) is 4.75. The molecule has 1 aliphatic rings. The number of aromatic nitrogens is 1. The highest BCUT2D eigenvalue weighted by Gasteiger charge is 2.17. The van der Waals surface area contributed by atoms with Crippen LogP contribution in [0.4, 0.5) is 0 Å². The van der Waals surface area contributed by atoms with Crippen LogP contribution < -0.4 is 9.47 Å². The Bertz CT molecular complexity index is 995. The van der Waals surface area contributed by atoms with Crippen molar-refractivity contribution in [3.8, 4) is 17.6 Å². The second-order valence-electron chi connectivity index (χ2n) is 7.04. The molecule has 0 radical (unpaired) electrons. The highest BCUT2D eigenvalue weighted by molar-refractivity contribution is 5.86. The van der Waals surface area contributed by atoms with Gasteiger partial charge in [-0.3, -0.25) is 0 Å². The van der Waals surface area contributed by atoms with Gasteiger partial charge in [0.1, 0.15) is 24.2 Å². The molecule has 4 rings (SSSR count). The summed E-state index contributed by atoms with van der Waals surface area (Å²) in [6.45, 7) is 4.33. The minimum Gasteiger partial charge on any atom is -0.490 e. The molecule has 0 bridgehead atoms. The van der Waals surface area contributed by atoms with Crippen LogP contribution in [-0.4, -0.2) is 11.1 Å². The molecule has 0 saturated heterocycles. The highest BCUT2D eigenvalue weighted by Crippen LogP contribution is 2.32. The molecule has 1 N–H and O–H groups in total. The molecule has 26 heavy (non-hydrogen) atoms. The van der Waals surface area contributed by atoms with E-state index in [9.17, 15) is 5.26 Å². The maximum atomic E-state index is 9.35. The summed E-state index contributed by atoms with van der Waals surface area (Å²) in [5.74, 6) is 1.47. The molecule has 132 valence electrons. The molecular weight excluding hydrogens is 324 g/mol. The largest absolute Gasteiger partial charge is 0.490 e. The molecule has 0 spiro atoms. The summed E-state index contributed by atoms with van der Waals surface area (Å²) >= 11 is 0. The second kappa shape index (κ2) is 6.76. The van der Waals surface area contributed by atoms with Crippen molar-refractivity contribution in [2.24, 2.45) is 0 Å². The zero-order valence-corrected chi connectivity index (χ0v) is 15.1. The van der Waals surface area contributed by atoms with Crippen molar-refractivity contribution in [2.45, 2.75) is 45.8 Å². The SMILES string of the molecule is CC(C)Oc1ccc(COc2ccc3[nH]c4c(c3c2)CCC4)cc1C#N. The van der Waals surface area contributed by atoms with Gasteiger partial charge in [0, 0.05) is 16.6 Å². The number of H-pyrrole nitrogens is 1. The first kappa shape index (κ1) is 16.5. The molecule has 0 fully saturated rings. The normalized spacial score (nSPS) is 13.0. The monoisotopic (exact) mass is 346 g/mol. The van der Waals surface area contributed by atoms with E-state index in [1.807, 2.05) is 38.1 Å². The van der Waals surface area contributed by atoms with Crippen molar-refractivity contribution in [1.82, 2.24) is 4.98 Å². The Morgan fingerprint density at radius 1 is 1.15 bits per heavy atom. The van der Waals surface area contributed by atoms with E-state index < -0.39 is 0 Å². The number of fused-ring (bicyclic) bond motifs is 3. The predicted octanol–water partition coefficient (Wildman–Crippen LogP) is 4.89. The Morgan fingerprint density at radius 2 is 2.04 bits per heavy atom. The summed E-state index contributed by atoms with van der Waals surface area (Å²) in [7, 11) is 0. The lowest BCUT2D eigenvalue weighted by molar-refractivity contribution is 0.241. The predicted molar refractivity (Wildman–Crippen MR) is 102 cm³/mol. The van der Waals surface area contributed by atoms with Crippen molar-refractivity contribution < 1.29 is 9.47 Å². The van der Waals surface area contributed by atoms with E-state index in [1.54, 1.807) is 0 Å². The maximum absolute atomic E-state index is 9.35. The first-order chi connectivity index (χ1) is 12.6. The first-order valence-electron chi connectivity index (χ1n) is 9.10. The van der Waals surface area contributed by atoms with Crippen molar-refractivity contribution in [3.05, 3.63) is 58.8 Å². The summed E-state index contributed by atoms with van der Waals surface area (Å²) in [5.41, 5.74) is 5.49. The van der Waals surface area contributed by atoms with Gasteiger partial charge in [-0.05, 0) is 74.6 Å².